The van der Waals surface area contributed by atoms with Crippen LogP contribution in [0.2, 0.25) is 0 Å². The van der Waals surface area contributed by atoms with Crippen LogP contribution in [0.25, 0.3) is 0 Å². The number of nitro groups is 1. The highest BCUT2D eigenvalue weighted by molar-refractivity contribution is 5.68. The molecule has 0 aromatic carbocycles. The van der Waals surface area contributed by atoms with Crippen molar-refractivity contribution in [3.8, 4) is 0 Å². The molecule has 94 valence electrons. The smallest absolute Gasteiger partial charge is 0.303 e. The van der Waals surface area contributed by atoms with Crippen molar-refractivity contribution < 1.29 is 4.92 Å². The Morgan fingerprint density at radius 1 is 1.35 bits per heavy atom. The zero-order valence-electron chi connectivity index (χ0n) is 9.81. The topological polar surface area (TPSA) is 131 Å². The number of aromatic nitrogens is 2. The molecule has 0 bridgehead atoms. The van der Waals surface area contributed by atoms with Crippen LogP contribution in [-0.4, -0.2) is 20.4 Å². The van der Waals surface area contributed by atoms with Gasteiger partial charge in [0, 0.05) is 5.54 Å². The van der Waals surface area contributed by atoms with Crippen molar-refractivity contribution in [3.05, 3.63) is 16.4 Å². The van der Waals surface area contributed by atoms with Crippen molar-refractivity contribution >= 4 is 17.3 Å². The minimum atomic E-state index is -0.609. The van der Waals surface area contributed by atoms with Crippen LogP contribution in [0.1, 0.15) is 20.8 Å². The highest BCUT2D eigenvalue weighted by Crippen LogP contribution is 2.27. The van der Waals surface area contributed by atoms with Crippen molar-refractivity contribution in [3.63, 3.8) is 0 Å². The van der Waals surface area contributed by atoms with Gasteiger partial charge >= 0.3 is 5.69 Å². The van der Waals surface area contributed by atoms with E-state index in [1.165, 1.54) is 6.33 Å². The van der Waals surface area contributed by atoms with Gasteiger partial charge in [-0.3, -0.25) is 15.5 Å². The monoisotopic (exact) mass is 241 g/mol. The van der Waals surface area contributed by atoms with E-state index in [4.69, 9.17) is 5.84 Å². The Labute approximate surface area is 97.9 Å². The predicted molar refractivity (Wildman–Crippen MR) is 63.0 cm³/mol. The molecule has 0 saturated carbocycles. The Bertz CT molecular complexity index is 415. The van der Waals surface area contributed by atoms with E-state index in [1.54, 1.807) is 0 Å². The van der Waals surface area contributed by atoms with Gasteiger partial charge in [0.1, 0.15) is 6.33 Å². The van der Waals surface area contributed by atoms with E-state index in [2.05, 4.69) is 26.2 Å². The minimum Gasteiger partial charge on any atom is -0.303 e. The number of nitrogens with zero attached hydrogens (tertiary/aromatic N) is 3. The molecule has 0 saturated heterocycles. The molecule has 1 aromatic rings. The highest BCUT2D eigenvalue weighted by atomic mass is 16.6. The second-order valence-electron chi connectivity index (χ2n) is 4.32. The van der Waals surface area contributed by atoms with Gasteiger partial charge in [0.25, 0.3) is 0 Å². The van der Waals surface area contributed by atoms with Crippen molar-refractivity contribution in [2.24, 2.45) is 5.84 Å². The summed E-state index contributed by atoms with van der Waals surface area (Å²) >= 11 is 0. The van der Waals surface area contributed by atoms with Crippen LogP contribution in [0.3, 0.4) is 0 Å². The number of hydrogen-bond acceptors (Lipinski definition) is 8. The van der Waals surface area contributed by atoms with E-state index < -0.39 is 4.92 Å². The standard InChI is InChI=1S/C8H15N7O2/c1-8(2,3)14-13-7-5(15(16)17)6(12-9)10-4-11-7/h4,14H,9H2,1-3H3,(H2,10,11,12,13). The number of rotatable bonds is 4. The maximum atomic E-state index is 10.9. The number of anilines is 2. The zero-order valence-corrected chi connectivity index (χ0v) is 9.81. The number of nitrogens with two attached hydrogens (primary N) is 1. The first-order chi connectivity index (χ1) is 7.85. The van der Waals surface area contributed by atoms with Gasteiger partial charge in [0.15, 0.2) is 0 Å². The lowest BCUT2D eigenvalue weighted by molar-refractivity contribution is -0.383. The number of hydrazine groups is 2. The molecule has 1 heterocycles. The molecule has 1 rings (SSSR count). The van der Waals surface area contributed by atoms with E-state index in [0.29, 0.717) is 0 Å². The Morgan fingerprint density at radius 3 is 2.41 bits per heavy atom. The third kappa shape index (κ3) is 3.50. The second kappa shape index (κ2) is 4.89. The van der Waals surface area contributed by atoms with Crippen LogP contribution in [0, 0.1) is 10.1 Å². The Kier molecular flexibility index (Phi) is 3.76. The van der Waals surface area contributed by atoms with Gasteiger partial charge in [-0.05, 0) is 20.8 Å². The molecule has 0 spiro atoms. The summed E-state index contributed by atoms with van der Waals surface area (Å²) in [4.78, 5) is 17.7. The summed E-state index contributed by atoms with van der Waals surface area (Å²) in [6.07, 6.45) is 1.18. The summed E-state index contributed by atoms with van der Waals surface area (Å²) < 4.78 is 0. The van der Waals surface area contributed by atoms with Gasteiger partial charge in [-0.1, -0.05) is 0 Å². The van der Waals surface area contributed by atoms with Crippen LogP contribution in [0.5, 0.6) is 0 Å². The number of nitrogens with one attached hydrogen (secondary N) is 3. The average Bonchev–Trinajstić information content (AvgIpc) is 2.24. The fourth-order valence-electron chi connectivity index (χ4n) is 0.996. The summed E-state index contributed by atoms with van der Waals surface area (Å²) in [6, 6.07) is 0. The maximum Gasteiger partial charge on any atom is 0.355 e. The normalized spacial score (nSPS) is 11.1. The summed E-state index contributed by atoms with van der Waals surface area (Å²) in [6.45, 7) is 5.69. The number of hydrogen-bond donors (Lipinski definition) is 4. The van der Waals surface area contributed by atoms with Crippen LogP contribution in [0.15, 0.2) is 6.33 Å². The largest absolute Gasteiger partial charge is 0.355 e. The van der Waals surface area contributed by atoms with E-state index in [1.807, 2.05) is 20.8 Å². The van der Waals surface area contributed by atoms with E-state index in [9.17, 15) is 10.1 Å². The lowest BCUT2D eigenvalue weighted by atomic mass is 10.1. The fraction of sp³-hybridized carbons (Fsp3) is 0.500. The zero-order chi connectivity index (χ0) is 13.1. The quantitative estimate of drug-likeness (QED) is 0.338. The Morgan fingerprint density at radius 2 is 1.94 bits per heavy atom. The van der Waals surface area contributed by atoms with Gasteiger partial charge in [-0.2, -0.15) is 0 Å². The first-order valence-electron chi connectivity index (χ1n) is 4.84. The lowest BCUT2D eigenvalue weighted by Crippen LogP contribution is -2.40. The van der Waals surface area contributed by atoms with Crippen molar-refractivity contribution in [2.45, 2.75) is 26.3 Å². The molecule has 0 fully saturated rings. The average molecular weight is 241 g/mol. The minimum absolute atomic E-state index is 0.0490. The summed E-state index contributed by atoms with van der Waals surface area (Å²) in [7, 11) is 0. The predicted octanol–water partition coefficient (Wildman–Crippen LogP) is 0.385. The van der Waals surface area contributed by atoms with Crippen molar-refractivity contribution in [1.29, 1.82) is 0 Å². The van der Waals surface area contributed by atoms with E-state index in [0.717, 1.165) is 0 Å². The van der Waals surface area contributed by atoms with Crippen LogP contribution < -0.4 is 22.1 Å². The van der Waals surface area contributed by atoms with E-state index in [-0.39, 0.29) is 22.9 Å². The third-order valence-corrected chi connectivity index (χ3v) is 1.70. The third-order valence-electron chi connectivity index (χ3n) is 1.70. The van der Waals surface area contributed by atoms with E-state index >= 15 is 0 Å². The van der Waals surface area contributed by atoms with Crippen molar-refractivity contribution in [2.75, 3.05) is 10.9 Å². The first kappa shape index (κ1) is 13.1. The van der Waals surface area contributed by atoms with Gasteiger partial charge in [-0.25, -0.2) is 21.2 Å². The molecule has 0 aliphatic carbocycles. The molecule has 17 heavy (non-hydrogen) atoms. The van der Waals surface area contributed by atoms with Crippen LogP contribution in [0.4, 0.5) is 17.3 Å². The molecular formula is C8H15N7O2. The molecule has 0 aliphatic heterocycles. The summed E-state index contributed by atoms with van der Waals surface area (Å²) in [5, 5.41) is 10.9. The molecule has 1 aromatic heterocycles. The van der Waals surface area contributed by atoms with Gasteiger partial charge in [-0.15, -0.1) is 0 Å². The van der Waals surface area contributed by atoms with Gasteiger partial charge in [0.2, 0.25) is 11.6 Å². The highest BCUT2D eigenvalue weighted by Gasteiger charge is 2.23. The van der Waals surface area contributed by atoms with Gasteiger partial charge < -0.3 is 5.43 Å². The molecule has 0 unspecified atom stereocenters. The molecule has 0 aliphatic rings. The molecule has 9 nitrogen and oxygen atoms in total. The Hall–Kier alpha value is -2.00. The number of nitrogen functional groups attached to an aromatic ring is 1. The molecule has 9 heteroatoms. The van der Waals surface area contributed by atoms with Crippen LogP contribution in [-0.2, 0) is 0 Å². The van der Waals surface area contributed by atoms with Crippen LogP contribution >= 0.6 is 0 Å². The fourth-order valence-corrected chi connectivity index (χ4v) is 0.996. The first-order valence-corrected chi connectivity index (χ1v) is 4.84. The van der Waals surface area contributed by atoms with Gasteiger partial charge in [0.05, 0.1) is 4.92 Å². The van der Waals surface area contributed by atoms with Crippen molar-refractivity contribution in [1.82, 2.24) is 15.4 Å². The molecule has 5 N–H and O–H groups in total. The molecule has 0 amide bonds. The second-order valence-corrected chi connectivity index (χ2v) is 4.32. The maximum absolute atomic E-state index is 10.9. The summed E-state index contributed by atoms with van der Waals surface area (Å²) in [5.74, 6) is 5.14. The SMILES string of the molecule is CC(C)(C)NNc1ncnc(NN)c1[N+](=O)[O-]. The Balaban J connectivity index is 3.02. The lowest BCUT2D eigenvalue weighted by Gasteiger charge is -2.21. The molecular weight excluding hydrogens is 226 g/mol. The molecule has 0 atom stereocenters. The summed E-state index contributed by atoms with van der Waals surface area (Å²) in [5.41, 5.74) is 7.11. The molecule has 0 radical (unpaired) electrons.